The first-order valence-electron chi connectivity index (χ1n) is 6.56. The van der Waals surface area contributed by atoms with Crippen molar-refractivity contribution in [3.63, 3.8) is 0 Å². The van der Waals surface area contributed by atoms with Crippen molar-refractivity contribution >= 4 is 5.97 Å². The second-order valence-corrected chi connectivity index (χ2v) is 5.23. The van der Waals surface area contributed by atoms with Crippen LogP contribution in [0.25, 0.3) is 11.1 Å². The van der Waals surface area contributed by atoms with Crippen LogP contribution < -0.4 is 0 Å². The molecule has 0 bridgehead atoms. The van der Waals surface area contributed by atoms with E-state index in [2.05, 4.69) is 19.1 Å². The number of hydrogen-bond acceptors (Lipinski definition) is 2. The van der Waals surface area contributed by atoms with Gasteiger partial charge in [-0.2, -0.15) is 0 Å². The quantitative estimate of drug-likeness (QED) is 0.924. The molecule has 1 N–H and O–H groups in total. The third-order valence-corrected chi connectivity index (χ3v) is 3.27. The molecular weight excluding hydrogens is 250 g/mol. The molecule has 0 aromatic heterocycles. The van der Waals surface area contributed by atoms with Crippen LogP contribution >= 0.6 is 0 Å². The number of carboxylic acid groups (broad SMARTS) is 1. The first-order valence-corrected chi connectivity index (χ1v) is 6.56. The van der Waals surface area contributed by atoms with E-state index in [1.807, 2.05) is 37.2 Å². The summed E-state index contributed by atoms with van der Waals surface area (Å²) in [7, 11) is 3.96. The van der Waals surface area contributed by atoms with E-state index in [-0.39, 0.29) is 0 Å². The SMILES string of the molecule is Cc1ccccc1-c1ccc(C(=O)O)cc1CN(C)C. The van der Waals surface area contributed by atoms with Crippen LogP contribution in [0.1, 0.15) is 21.5 Å². The molecule has 0 fully saturated rings. The summed E-state index contributed by atoms with van der Waals surface area (Å²) < 4.78 is 0. The van der Waals surface area contributed by atoms with E-state index in [4.69, 9.17) is 5.11 Å². The maximum atomic E-state index is 11.1. The highest BCUT2D eigenvalue weighted by Gasteiger charge is 2.12. The van der Waals surface area contributed by atoms with Crippen LogP contribution in [-0.4, -0.2) is 30.1 Å². The summed E-state index contributed by atoms with van der Waals surface area (Å²) in [6.45, 7) is 2.78. The number of carbonyl (C=O) groups is 1. The molecule has 2 rings (SSSR count). The van der Waals surface area contributed by atoms with Crippen LogP contribution in [0.5, 0.6) is 0 Å². The largest absolute Gasteiger partial charge is 0.478 e. The van der Waals surface area contributed by atoms with Gasteiger partial charge in [0, 0.05) is 6.54 Å². The highest BCUT2D eigenvalue weighted by atomic mass is 16.4. The fraction of sp³-hybridized carbons (Fsp3) is 0.235. The van der Waals surface area contributed by atoms with E-state index in [0.717, 1.165) is 16.7 Å². The zero-order valence-corrected chi connectivity index (χ0v) is 12.1. The molecule has 0 spiro atoms. The fourth-order valence-electron chi connectivity index (χ4n) is 2.34. The Balaban J connectivity index is 2.57. The minimum absolute atomic E-state index is 0.333. The topological polar surface area (TPSA) is 40.5 Å². The predicted octanol–water partition coefficient (Wildman–Crippen LogP) is 3.42. The van der Waals surface area contributed by atoms with Gasteiger partial charge in [0.1, 0.15) is 0 Å². The van der Waals surface area contributed by atoms with Gasteiger partial charge in [0.15, 0.2) is 0 Å². The second kappa shape index (κ2) is 5.88. The zero-order chi connectivity index (χ0) is 14.7. The van der Waals surface area contributed by atoms with Gasteiger partial charge in [-0.05, 0) is 55.4 Å². The van der Waals surface area contributed by atoms with Gasteiger partial charge in [0.25, 0.3) is 0 Å². The summed E-state index contributed by atoms with van der Waals surface area (Å²) in [6, 6.07) is 13.5. The van der Waals surface area contributed by atoms with Crippen molar-refractivity contribution in [3.8, 4) is 11.1 Å². The second-order valence-electron chi connectivity index (χ2n) is 5.23. The van der Waals surface area contributed by atoms with Crippen molar-refractivity contribution in [2.45, 2.75) is 13.5 Å². The van der Waals surface area contributed by atoms with Gasteiger partial charge in [-0.25, -0.2) is 4.79 Å². The number of rotatable bonds is 4. The first kappa shape index (κ1) is 14.3. The molecule has 20 heavy (non-hydrogen) atoms. The maximum absolute atomic E-state index is 11.1. The highest BCUT2D eigenvalue weighted by Crippen LogP contribution is 2.28. The van der Waals surface area contributed by atoms with E-state index in [0.29, 0.717) is 12.1 Å². The first-order chi connectivity index (χ1) is 9.49. The fourth-order valence-corrected chi connectivity index (χ4v) is 2.34. The normalized spacial score (nSPS) is 10.8. The number of aromatic carboxylic acids is 1. The summed E-state index contributed by atoms with van der Waals surface area (Å²) in [5, 5.41) is 9.15. The Morgan fingerprint density at radius 2 is 1.80 bits per heavy atom. The van der Waals surface area contributed by atoms with Crippen molar-refractivity contribution in [1.82, 2.24) is 4.90 Å². The molecule has 0 heterocycles. The molecular formula is C17H19NO2. The predicted molar refractivity (Wildman–Crippen MR) is 81.0 cm³/mol. The van der Waals surface area contributed by atoms with E-state index in [9.17, 15) is 4.79 Å². The monoisotopic (exact) mass is 269 g/mol. The van der Waals surface area contributed by atoms with Gasteiger partial charge >= 0.3 is 5.97 Å². The van der Waals surface area contributed by atoms with Crippen LogP contribution in [0.4, 0.5) is 0 Å². The highest BCUT2D eigenvalue weighted by molar-refractivity contribution is 5.89. The molecule has 0 aliphatic rings. The van der Waals surface area contributed by atoms with Crippen molar-refractivity contribution in [2.75, 3.05) is 14.1 Å². The van der Waals surface area contributed by atoms with Crippen molar-refractivity contribution in [1.29, 1.82) is 0 Å². The van der Waals surface area contributed by atoms with Crippen molar-refractivity contribution in [2.24, 2.45) is 0 Å². The van der Waals surface area contributed by atoms with Crippen LogP contribution in [0, 0.1) is 6.92 Å². The summed E-state index contributed by atoms with van der Waals surface area (Å²) in [6.07, 6.45) is 0. The molecule has 0 aliphatic heterocycles. The third kappa shape index (κ3) is 3.06. The lowest BCUT2D eigenvalue weighted by Gasteiger charge is -2.16. The van der Waals surface area contributed by atoms with Crippen LogP contribution in [0.3, 0.4) is 0 Å². The van der Waals surface area contributed by atoms with Crippen molar-refractivity contribution < 1.29 is 9.90 Å². The van der Waals surface area contributed by atoms with Crippen LogP contribution in [-0.2, 0) is 6.54 Å². The number of aryl methyl sites for hydroxylation is 1. The lowest BCUT2D eigenvalue weighted by atomic mass is 9.94. The number of carboxylic acids is 1. The standard InChI is InChI=1S/C17H19NO2/c1-12-6-4-5-7-15(12)16-9-8-13(17(19)20)10-14(16)11-18(2)3/h4-10H,11H2,1-3H3,(H,19,20). The Kier molecular flexibility index (Phi) is 4.20. The molecule has 0 atom stereocenters. The summed E-state index contributed by atoms with van der Waals surface area (Å²) in [5.74, 6) is -0.888. The van der Waals surface area contributed by atoms with E-state index >= 15 is 0 Å². The maximum Gasteiger partial charge on any atom is 0.335 e. The lowest BCUT2D eigenvalue weighted by Crippen LogP contribution is -2.12. The van der Waals surface area contributed by atoms with Gasteiger partial charge in [-0.15, -0.1) is 0 Å². The molecule has 0 unspecified atom stereocenters. The Labute approximate surface area is 119 Å². The number of nitrogens with zero attached hydrogens (tertiary/aromatic N) is 1. The summed E-state index contributed by atoms with van der Waals surface area (Å²) in [5.41, 5.74) is 4.81. The third-order valence-electron chi connectivity index (χ3n) is 3.27. The Hall–Kier alpha value is -2.13. The molecule has 3 nitrogen and oxygen atoms in total. The van der Waals surface area contributed by atoms with Crippen LogP contribution in [0.15, 0.2) is 42.5 Å². The number of hydrogen-bond donors (Lipinski definition) is 1. The van der Waals surface area contributed by atoms with Gasteiger partial charge < -0.3 is 10.0 Å². The Bertz CT molecular complexity index is 633. The van der Waals surface area contributed by atoms with Gasteiger partial charge in [0.05, 0.1) is 5.56 Å². The molecule has 0 radical (unpaired) electrons. The molecule has 104 valence electrons. The molecule has 0 saturated carbocycles. The minimum Gasteiger partial charge on any atom is -0.478 e. The molecule has 3 heteroatoms. The minimum atomic E-state index is -0.888. The molecule has 2 aromatic carbocycles. The molecule has 0 saturated heterocycles. The van der Waals surface area contributed by atoms with E-state index < -0.39 is 5.97 Å². The lowest BCUT2D eigenvalue weighted by molar-refractivity contribution is 0.0696. The van der Waals surface area contributed by atoms with Crippen LogP contribution in [0.2, 0.25) is 0 Å². The molecule has 2 aromatic rings. The summed E-state index contributed by atoms with van der Waals surface area (Å²) in [4.78, 5) is 13.2. The van der Waals surface area contributed by atoms with Gasteiger partial charge in [-0.1, -0.05) is 30.3 Å². The summed E-state index contributed by atoms with van der Waals surface area (Å²) >= 11 is 0. The number of benzene rings is 2. The zero-order valence-electron chi connectivity index (χ0n) is 12.1. The average Bonchev–Trinajstić information content (AvgIpc) is 2.39. The molecule has 0 aliphatic carbocycles. The molecule has 0 amide bonds. The average molecular weight is 269 g/mol. The van der Waals surface area contributed by atoms with Crippen molar-refractivity contribution in [3.05, 3.63) is 59.2 Å². The smallest absolute Gasteiger partial charge is 0.335 e. The van der Waals surface area contributed by atoms with E-state index in [1.165, 1.54) is 5.56 Å². The van der Waals surface area contributed by atoms with Gasteiger partial charge in [-0.3, -0.25) is 0 Å². The van der Waals surface area contributed by atoms with Gasteiger partial charge in [0.2, 0.25) is 0 Å². The Morgan fingerprint density at radius 3 is 2.40 bits per heavy atom. The Morgan fingerprint density at radius 1 is 1.10 bits per heavy atom. The van der Waals surface area contributed by atoms with E-state index in [1.54, 1.807) is 12.1 Å².